The van der Waals surface area contributed by atoms with Gasteiger partial charge in [-0.3, -0.25) is 9.36 Å². The predicted molar refractivity (Wildman–Crippen MR) is 88.9 cm³/mol. The van der Waals surface area contributed by atoms with Crippen molar-refractivity contribution in [3.8, 4) is 0 Å². The van der Waals surface area contributed by atoms with E-state index in [2.05, 4.69) is 16.5 Å². The molecule has 108 valence electrons. The lowest BCUT2D eigenvalue weighted by molar-refractivity contribution is 0.727. The monoisotopic (exact) mass is 336 g/mol. The zero-order valence-corrected chi connectivity index (χ0v) is 13.7. The molecule has 0 spiro atoms. The number of rotatable bonds is 4. The minimum absolute atomic E-state index is 0.0791. The summed E-state index contributed by atoms with van der Waals surface area (Å²) < 4.78 is 4.61. The summed E-state index contributed by atoms with van der Waals surface area (Å²) in [6.07, 6.45) is 3.30. The average molecular weight is 336 g/mol. The summed E-state index contributed by atoms with van der Waals surface area (Å²) in [4.78, 5) is 21.3. The Hall–Kier alpha value is -1.64. The molecule has 0 amide bonds. The maximum Gasteiger partial charge on any atom is 0.273 e. The second-order valence-electron chi connectivity index (χ2n) is 4.46. The smallest absolute Gasteiger partial charge is 0.273 e. The molecule has 3 aromatic rings. The topological polar surface area (TPSA) is 52.7 Å². The summed E-state index contributed by atoms with van der Waals surface area (Å²) in [6.45, 7) is 6.63. The van der Waals surface area contributed by atoms with Crippen LogP contribution in [0.5, 0.6) is 0 Å². The van der Waals surface area contributed by atoms with Gasteiger partial charge in [0.2, 0.25) is 0 Å². The van der Waals surface area contributed by atoms with E-state index in [0.29, 0.717) is 27.4 Å². The molecule has 3 rings (SSSR count). The molecule has 0 saturated heterocycles. The van der Waals surface area contributed by atoms with E-state index in [4.69, 9.17) is 12.2 Å². The van der Waals surface area contributed by atoms with E-state index in [1.807, 2.05) is 16.9 Å². The maximum absolute atomic E-state index is 12.5. The molecule has 0 bridgehead atoms. The number of hydrogen-bond acceptors (Lipinski definition) is 6. The van der Waals surface area contributed by atoms with Gasteiger partial charge in [-0.15, -0.1) is 17.9 Å². The SMILES string of the molecule is C=CCn1c(=S)sc2c(=O)n(Cc3csc(C)n3)cnc21. The number of nitrogens with zero attached hydrogens (tertiary/aromatic N) is 4. The number of thiazole rings is 2. The molecule has 0 fully saturated rings. The van der Waals surface area contributed by atoms with Crippen LogP contribution >= 0.6 is 34.9 Å². The fourth-order valence-electron chi connectivity index (χ4n) is 2.03. The molecule has 0 atom stereocenters. The van der Waals surface area contributed by atoms with Crippen LogP contribution < -0.4 is 5.56 Å². The Balaban J connectivity index is 2.10. The van der Waals surface area contributed by atoms with E-state index in [-0.39, 0.29) is 5.56 Å². The van der Waals surface area contributed by atoms with E-state index in [9.17, 15) is 4.79 Å². The van der Waals surface area contributed by atoms with Crippen LogP contribution in [0, 0.1) is 10.9 Å². The number of aromatic nitrogens is 4. The minimum atomic E-state index is -0.0791. The summed E-state index contributed by atoms with van der Waals surface area (Å²) in [7, 11) is 0. The Morgan fingerprint density at radius 1 is 1.52 bits per heavy atom. The van der Waals surface area contributed by atoms with Gasteiger partial charge in [0.15, 0.2) is 9.60 Å². The molecule has 3 heterocycles. The predicted octanol–water partition coefficient (Wildman–Crippen LogP) is 2.99. The van der Waals surface area contributed by atoms with Crippen molar-refractivity contribution in [1.29, 1.82) is 0 Å². The van der Waals surface area contributed by atoms with E-state index >= 15 is 0 Å². The third-order valence-electron chi connectivity index (χ3n) is 2.95. The summed E-state index contributed by atoms with van der Waals surface area (Å²) in [5.74, 6) is 0. The number of hydrogen-bond donors (Lipinski definition) is 0. The second kappa shape index (κ2) is 5.63. The third kappa shape index (κ3) is 2.61. The molecule has 3 aromatic heterocycles. The largest absolute Gasteiger partial charge is 0.304 e. The highest BCUT2D eigenvalue weighted by molar-refractivity contribution is 7.73. The van der Waals surface area contributed by atoms with Crippen LogP contribution in [0.1, 0.15) is 10.7 Å². The van der Waals surface area contributed by atoms with Gasteiger partial charge in [0.1, 0.15) is 11.0 Å². The molecule has 21 heavy (non-hydrogen) atoms. The van der Waals surface area contributed by atoms with Crippen LogP contribution in [-0.2, 0) is 13.1 Å². The lowest BCUT2D eigenvalue weighted by Crippen LogP contribution is -2.21. The second-order valence-corrected chi connectivity index (χ2v) is 7.16. The van der Waals surface area contributed by atoms with Crippen LogP contribution in [0.25, 0.3) is 10.3 Å². The molecule has 0 aliphatic rings. The van der Waals surface area contributed by atoms with Gasteiger partial charge in [-0.1, -0.05) is 17.4 Å². The molecule has 0 saturated carbocycles. The van der Waals surface area contributed by atoms with Crippen molar-refractivity contribution in [3.05, 3.63) is 49.4 Å². The fraction of sp³-hybridized carbons (Fsp3) is 0.231. The lowest BCUT2D eigenvalue weighted by atomic mass is 10.4. The van der Waals surface area contributed by atoms with Gasteiger partial charge >= 0.3 is 0 Å². The van der Waals surface area contributed by atoms with E-state index in [1.54, 1.807) is 28.3 Å². The van der Waals surface area contributed by atoms with Crippen molar-refractivity contribution in [3.63, 3.8) is 0 Å². The summed E-state index contributed by atoms with van der Waals surface area (Å²) >= 11 is 8.15. The van der Waals surface area contributed by atoms with Crippen molar-refractivity contribution in [1.82, 2.24) is 19.1 Å². The third-order valence-corrected chi connectivity index (χ3v) is 5.20. The van der Waals surface area contributed by atoms with Crippen LogP contribution in [0.2, 0.25) is 0 Å². The van der Waals surface area contributed by atoms with Gasteiger partial charge in [-0.05, 0) is 19.1 Å². The van der Waals surface area contributed by atoms with E-state index < -0.39 is 0 Å². The molecule has 5 nitrogen and oxygen atoms in total. The molecule has 8 heteroatoms. The first kappa shape index (κ1) is 14.3. The standard InChI is InChI=1S/C13H12N4OS3/c1-3-4-17-11-10(21-13(17)19)12(18)16(7-14-11)5-9-6-20-8(2)15-9/h3,6-7H,1,4-5H2,2H3. The number of fused-ring (bicyclic) bond motifs is 1. The highest BCUT2D eigenvalue weighted by Gasteiger charge is 2.12. The first-order valence-electron chi connectivity index (χ1n) is 6.21. The Morgan fingerprint density at radius 3 is 3.00 bits per heavy atom. The van der Waals surface area contributed by atoms with Crippen molar-refractivity contribution in [2.75, 3.05) is 0 Å². The molecule has 0 N–H and O–H groups in total. The Morgan fingerprint density at radius 2 is 2.33 bits per heavy atom. The van der Waals surface area contributed by atoms with Gasteiger partial charge in [0.25, 0.3) is 5.56 Å². The van der Waals surface area contributed by atoms with Crippen LogP contribution in [0.3, 0.4) is 0 Å². The normalized spacial score (nSPS) is 11.1. The summed E-state index contributed by atoms with van der Waals surface area (Å²) in [5, 5.41) is 2.94. The molecule has 0 aliphatic heterocycles. The summed E-state index contributed by atoms with van der Waals surface area (Å²) in [6, 6.07) is 0. The van der Waals surface area contributed by atoms with Gasteiger partial charge in [-0.25, -0.2) is 9.97 Å². The van der Waals surface area contributed by atoms with Crippen molar-refractivity contribution >= 4 is 45.2 Å². The molecule has 0 radical (unpaired) electrons. The zero-order chi connectivity index (χ0) is 15.0. The quantitative estimate of drug-likeness (QED) is 0.543. The van der Waals surface area contributed by atoms with Crippen LogP contribution in [-0.4, -0.2) is 19.1 Å². The fourth-order valence-corrected chi connectivity index (χ4v) is 3.95. The molecular weight excluding hydrogens is 324 g/mol. The van der Waals surface area contributed by atoms with Gasteiger partial charge in [-0.2, -0.15) is 0 Å². The van der Waals surface area contributed by atoms with Crippen molar-refractivity contribution < 1.29 is 0 Å². The Kier molecular flexibility index (Phi) is 3.83. The van der Waals surface area contributed by atoms with Gasteiger partial charge in [0, 0.05) is 11.9 Å². The van der Waals surface area contributed by atoms with Crippen LogP contribution in [0.4, 0.5) is 0 Å². The highest BCUT2D eigenvalue weighted by atomic mass is 32.1. The summed E-state index contributed by atoms with van der Waals surface area (Å²) in [5.41, 5.74) is 1.42. The highest BCUT2D eigenvalue weighted by Crippen LogP contribution is 2.18. The van der Waals surface area contributed by atoms with Gasteiger partial charge < -0.3 is 4.57 Å². The Labute approximate surface area is 133 Å². The molecule has 0 aromatic carbocycles. The first-order valence-corrected chi connectivity index (χ1v) is 8.31. The Bertz CT molecular complexity index is 931. The zero-order valence-electron chi connectivity index (χ0n) is 11.3. The lowest BCUT2D eigenvalue weighted by Gasteiger charge is -2.03. The van der Waals surface area contributed by atoms with Gasteiger partial charge in [0.05, 0.1) is 17.2 Å². The minimum Gasteiger partial charge on any atom is -0.304 e. The molecular formula is C13H12N4OS3. The first-order chi connectivity index (χ1) is 10.1. The number of aryl methyl sites for hydroxylation is 1. The van der Waals surface area contributed by atoms with Crippen LogP contribution in [0.15, 0.2) is 29.2 Å². The van der Waals surface area contributed by atoms with E-state index in [1.165, 1.54) is 11.3 Å². The van der Waals surface area contributed by atoms with Crippen molar-refractivity contribution in [2.45, 2.75) is 20.0 Å². The van der Waals surface area contributed by atoms with E-state index in [0.717, 1.165) is 10.7 Å². The van der Waals surface area contributed by atoms with Crippen molar-refractivity contribution in [2.24, 2.45) is 0 Å². The molecule has 0 unspecified atom stereocenters. The number of allylic oxidation sites excluding steroid dienone is 1. The maximum atomic E-state index is 12.5. The average Bonchev–Trinajstić information content (AvgIpc) is 2.99. The molecule has 0 aliphatic carbocycles.